The smallest absolute Gasteiger partial charge is 0.275 e. The average molecular weight is 261 g/mol. The molecule has 0 spiro atoms. The van der Waals surface area contributed by atoms with Gasteiger partial charge in [-0.15, -0.1) is 11.3 Å². The molecule has 3 rings (SSSR count). The van der Waals surface area contributed by atoms with Crippen LogP contribution in [0.1, 0.15) is 4.88 Å². The molecule has 3 heterocycles. The van der Waals surface area contributed by atoms with E-state index < -0.39 is 0 Å². The molecule has 0 atom stereocenters. The van der Waals surface area contributed by atoms with E-state index in [9.17, 15) is 4.79 Å². The van der Waals surface area contributed by atoms with Crippen molar-refractivity contribution in [2.45, 2.75) is 6.54 Å². The maximum absolute atomic E-state index is 11.8. The molecule has 0 saturated carbocycles. The van der Waals surface area contributed by atoms with Crippen LogP contribution in [0, 0.1) is 0 Å². The number of hydrogen-bond donors (Lipinski definition) is 1. The first kappa shape index (κ1) is 11.0. The van der Waals surface area contributed by atoms with Gasteiger partial charge in [-0.25, -0.2) is 9.89 Å². The summed E-state index contributed by atoms with van der Waals surface area (Å²) in [6.07, 6.45) is 1.82. The molecule has 0 radical (unpaired) electrons. The fourth-order valence-electron chi connectivity index (χ4n) is 1.75. The Balaban J connectivity index is 2.04. The van der Waals surface area contributed by atoms with Crippen LogP contribution in [0.15, 0.2) is 34.6 Å². The molecule has 1 N–H and O–H groups in total. The van der Waals surface area contributed by atoms with Gasteiger partial charge in [0.1, 0.15) is 5.69 Å². The molecular formula is C11H11N5OS. The summed E-state index contributed by atoms with van der Waals surface area (Å²) in [6, 6.07) is 5.79. The maximum atomic E-state index is 11.8. The Bertz CT molecular complexity index is 706. The van der Waals surface area contributed by atoms with E-state index in [0.29, 0.717) is 18.1 Å². The van der Waals surface area contributed by atoms with Crippen LogP contribution >= 0.6 is 11.3 Å². The van der Waals surface area contributed by atoms with Gasteiger partial charge in [0.2, 0.25) is 0 Å². The van der Waals surface area contributed by atoms with E-state index in [2.05, 4.69) is 15.3 Å². The zero-order valence-electron chi connectivity index (χ0n) is 9.70. The Labute approximate surface area is 107 Å². The summed E-state index contributed by atoms with van der Waals surface area (Å²) < 4.78 is 3.28. The molecule has 0 unspecified atom stereocenters. The molecular weight excluding hydrogens is 250 g/mol. The first-order chi connectivity index (χ1) is 8.74. The van der Waals surface area contributed by atoms with Crippen molar-refractivity contribution in [1.82, 2.24) is 24.5 Å². The van der Waals surface area contributed by atoms with Crippen LogP contribution in [0.25, 0.3) is 11.5 Å². The van der Waals surface area contributed by atoms with E-state index in [1.54, 1.807) is 20.6 Å². The zero-order chi connectivity index (χ0) is 12.5. The van der Waals surface area contributed by atoms with Gasteiger partial charge in [0.15, 0.2) is 5.82 Å². The molecule has 3 aromatic rings. The van der Waals surface area contributed by atoms with Crippen LogP contribution < -0.4 is 5.69 Å². The SMILES string of the molecule is Cn1ccc(-c2n[nH]c(=O)n2Cc2cccs2)n1. The van der Waals surface area contributed by atoms with Gasteiger partial charge in [-0.1, -0.05) is 6.07 Å². The highest BCUT2D eigenvalue weighted by molar-refractivity contribution is 7.09. The Kier molecular flexibility index (Phi) is 2.60. The van der Waals surface area contributed by atoms with Gasteiger partial charge in [0.25, 0.3) is 0 Å². The lowest BCUT2D eigenvalue weighted by Crippen LogP contribution is -2.18. The number of aromatic amines is 1. The van der Waals surface area contributed by atoms with Crippen molar-refractivity contribution < 1.29 is 0 Å². The summed E-state index contributed by atoms with van der Waals surface area (Å²) in [7, 11) is 1.83. The fraction of sp³-hybridized carbons (Fsp3) is 0.182. The van der Waals surface area contributed by atoms with Crippen LogP contribution in [-0.4, -0.2) is 24.5 Å². The Hall–Kier alpha value is -2.15. The van der Waals surface area contributed by atoms with Gasteiger partial charge in [0, 0.05) is 18.1 Å². The third-order valence-corrected chi connectivity index (χ3v) is 3.46. The highest BCUT2D eigenvalue weighted by atomic mass is 32.1. The summed E-state index contributed by atoms with van der Waals surface area (Å²) in [5.41, 5.74) is 0.469. The van der Waals surface area contributed by atoms with Crippen LogP contribution in [0.2, 0.25) is 0 Å². The van der Waals surface area contributed by atoms with Crippen molar-refractivity contribution >= 4 is 11.3 Å². The van der Waals surface area contributed by atoms with Crippen molar-refractivity contribution in [2.75, 3.05) is 0 Å². The molecule has 6 nitrogen and oxygen atoms in total. The maximum Gasteiger partial charge on any atom is 0.343 e. The van der Waals surface area contributed by atoms with Gasteiger partial charge in [-0.2, -0.15) is 10.2 Å². The van der Waals surface area contributed by atoms with E-state index in [4.69, 9.17) is 0 Å². The number of aromatic nitrogens is 5. The quantitative estimate of drug-likeness (QED) is 0.767. The molecule has 0 aromatic carbocycles. The molecule has 3 aromatic heterocycles. The van der Waals surface area contributed by atoms with E-state index in [1.807, 2.05) is 36.8 Å². The van der Waals surface area contributed by atoms with E-state index in [1.165, 1.54) is 0 Å². The van der Waals surface area contributed by atoms with Crippen molar-refractivity contribution in [3.63, 3.8) is 0 Å². The highest BCUT2D eigenvalue weighted by Crippen LogP contribution is 2.15. The van der Waals surface area contributed by atoms with Crippen LogP contribution in [0.4, 0.5) is 0 Å². The number of nitrogens with one attached hydrogen (secondary N) is 1. The largest absolute Gasteiger partial charge is 0.343 e. The van der Waals surface area contributed by atoms with Crippen LogP contribution in [0.3, 0.4) is 0 Å². The van der Waals surface area contributed by atoms with Crippen molar-refractivity contribution in [2.24, 2.45) is 7.05 Å². The molecule has 0 bridgehead atoms. The predicted molar refractivity (Wildman–Crippen MR) is 68.5 cm³/mol. The average Bonchev–Trinajstić information content (AvgIpc) is 3.04. The molecule has 18 heavy (non-hydrogen) atoms. The third kappa shape index (κ3) is 1.88. The van der Waals surface area contributed by atoms with Gasteiger partial charge in [0.05, 0.1) is 6.54 Å². The lowest BCUT2D eigenvalue weighted by Gasteiger charge is -2.01. The standard InChI is InChI=1S/C11H11N5OS/c1-15-5-4-9(14-15)10-12-13-11(17)16(10)7-8-3-2-6-18-8/h2-6H,7H2,1H3,(H,13,17). The third-order valence-electron chi connectivity index (χ3n) is 2.60. The summed E-state index contributed by atoms with van der Waals surface area (Å²) in [6.45, 7) is 0.513. The lowest BCUT2D eigenvalue weighted by molar-refractivity contribution is 0.751. The molecule has 92 valence electrons. The second kappa shape index (κ2) is 4.26. The summed E-state index contributed by atoms with van der Waals surface area (Å²) in [5, 5.41) is 12.8. The second-order valence-corrected chi connectivity index (χ2v) is 4.92. The first-order valence-corrected chi connectivity index (χ1v) is 6.29. The molecule has 0 amide bonds. The molecule has 7 heteroatoms. The van der Waals surface area contributed by atoms with Crippen molar-refractivity contribution in [1.29, 1.82) is 0 Å². The monoisotopic (exact) mass is 261 g/mol. The van der Waals surface area contributed by atoms with Gasteiger partial charge in [-0.3, -0.25) is 9.25 Å². The zero-order valence-corrected chi connectivity index (χ0v) is 10.5. The Morgan fingerprint density at radius 2 is 2.33 bits per heavy atom. The molecule has 0 saturated heterocycles. The fourth-order valence-corrected chi connectivity index (χ4v) is 2.45. The number of nitrogens with zero attached hydrogens (tertiary/aromatic N) is 4. The highest BCUT2D eigenvalue weighted by Gasteiger charge is 2.13. The van der Waals surface area contributed by atoms with E-state index >= 15 is 0 Å². The minimum absolute atomic E-state index is 0.218. The molecule has 0 aliphatic heterocycles. The minimum Gasteiger partial charge on any atom is -0.275 e. The van der Waals surface area contributed by atoms with Gasteiger partial charge < -0.3 is 0 Å². The summed E-state index contributed by atoms with van der Waals surface area (Å²) in [5.74, 6) is 0.564. The number of thiophene rings is 1. The Morgan fingerprint density at radius 1 is 1.44 bits per heavy atom. The summed E-state index contributed by atoms with van der Waals surface area (Å²) >= 11 is 1.61. The van der Waals surface area contributed by atoms with E-state index in [0.717, 1.165) is 4.88 Å². The van der Waals surface area contributed by atoms with Gasteiger partial charge in [-0.05, 0) is 17.5 Å². The number of aryl methyl sites for hydroxylation is 1. The normalized spacial score (nSPS) is 10.9. The Morgan fingerprint density at radius 3 is 3.00 bits per heavy atom. The number of H-pyrrole nitrogens is 1. The van der Waals surface area contributed by atoms with Gasteiger partial charge >= 0.3 is 5.69 Å². The molecule has 0 aliphatic rings. The first-order valence-electron chi connectivity index (χ1n) is 5.41. The molecule has 0 aliphatic carbocycles. The number of hydrogen-bond acceptors (Lipinski definition) is 4. The van der Waals surface area contributed by atoms with E-state index in [-0.39, 0.29) is 5.69 Å². The minimum atomic E-state index is -0.218. The second-order valence-electron chi connectivity index (χ2n) is 3.89. The lowest BCUT2D eigenvalue weighted by atomic mass is 10.4. The van der Waals surface area contributed by atoms with Crippen LogP contribution in [-0.2, 0) is 13.6 Å². The predicted octanol–water partition coefficient (Wildman–Crippen LogP) is 1.08. The van der Waals surface area contributed by atoms with Crippen molar-refractivity contribution in [3.05, 3.63) is 45.1 Å². The van der Waals surface area contributed by atoms with Crippen LogP contribution in [0.5, 0.6) is 0 Å². The summed E-state index contributed by atoms with van der Waals surface area (Å²) in [4.78, 5) is 12.9. The van der Waals surface area contributed by atoms with Crippen molar-refractivity contribution in [3.8, 4) is 11.5 Å². The molecule has 0 fully saturated rings. The number of rotatable bonds is 3. The topological polar surface area (TPSA) is 68.5 Å².